The first kappa shape index (κ1) is 15.5. The number of hydrogen-bond donors (Lipinski definition) is 2. The summed E-state index contributed by atoms with van der Waals surface area (Å²) in [6, 6.07) is 7.69. The van der Waals surface area contributed by atoms with Crippen LogP contribution in [0.4, 0.5) is 5.69 Å². The van der Waals surface area contributed by atoms with Crippen molar-refractivity contribution >= 4 is 11.6 Å². The monoisotopic (exact) mass is 264 g/mol. The summed E-state index contributed by atoms with van der Waals surface area (Å²) in [5.74, 6) is 1.33. The number of amides is 1. The zero-order chi connectivity index (χ0) is 14.3. The molecule has 1 amide bonds. The van der Waals surface area contributed by atoms with Gasteiger partial charge in [-0.25, -0.2) is 0 Å². The maximum atomic E-state index is 11.8. The summed E-state index contributed by atoms with van der Waals surface area (Å²) >= 11 is 0. The Morgan fingerprint density at radius 1 is 1.32 bits per heavy atom. The Labute approximate surface area is 115 Å². The minimum atomic E-state index is -0.0381. The van der Waals surface area contributed by atoms with Crippen molar-refractivity contribution in [2.24, 2.45) is 5.92 Å². The van der Waals surface area contributed by atoms with Gasteiger partial charge >= 0.3 is 0 Å². The number of ether oxygens (including phenoxy) is 1. The molecule has 1 unspecified atom stereocenters. The second-order valence-corrected chi connectivity index (χ2v) is 5.19. The average molecular weight is 264 g/mol. The summed E-state index contributed by atoms with van der Waals surface area (Å²) in [5, 5.41) is 6.06. The lowest BCUT2D eigenvalue weighted by atomic mass is 10.1. The van der Waals surface area contributed by atoms with Crippen molar-refractivity contribution in [1.82, 2.24) is 5.32 Å². The number of benzene rings is 1. The van der Waals surface area contributed by atoms with E-state index in [2.05, 4.69) is 31.4 Å². The molecule has 4 heteroatoms. The number of rotatable bonds is 7. The summed E-state index contributed by atoms with van der Waals surface area (Å²) in [4.78, 5) is 11.8. The first-order valence-electron chi connectivity index (χ1n) is 6.68. The summed E-state index contributed by atoms with van der Waals surface area (Å²) in [6.45, 7) is 6.77. The van der Waals surface area contributed by atoms with Crippen LogP contribution in [0, 0.1) is 5.92 Å². The minimum Gasteiger partial charge on any atom is -0.497 e. The van der Waals surface area contributed by atoms with Crippen LogP contribution in [-0.4, -0.2) is 25.6 Å². The van der Waals surface area contributed by atoms with Gasteiger partial charge in [-0.3, -0.25) is 4.79 Å². The van der Waals surface area contributed by atoms with Gasteiger partial charge in [-0.2, -0.15) is 0 Å². The molecule has 0 saturated heterocycles. The lowest BCUT2D eigenvalue weighted by molar-refractivity contribution is -0.115. The molecule has 1 rings (SSSR count). The molecule has 19 heavy (non-hydrogen) atoms. The summed E-state index contributed by atoms with van der Waals surface area (Å²) < 4.78 is 5.11. The maximum absolute atomic E-state index is 11.8. The Morgan fingerprint density at radius 2 is 2.05 bits per heavy atom. The number of hydrogen-bond acceptors (Lipinski definition) is 3. The second-order valence-electron chi connectivity index (χ2n) is 5.19. The molecule has 0 aliphatic rings. The number of methoxy groups -OCH3 is 1. The number of carbonyl (C=O) groups excluding carboxylic acids is 1. The molecule has 0 aliphatic heterocycles. The highest BCUT2D eigenvalue weighted by atomic mass is 16.5. The summed E-state index contributed by atoms with van der Waals surface area (Å²) in [5.41, 5.74) is 0.752. The van der Waals surface area contributed by atoms with Gasteiger partial charge in [0, 0.05) is 17.8 Å². The average Bonchev–Trinajstić information content (AvgIpc) is 2.36. The third kappa shape index (κ3) is 6.25. The predicted octanol–water partition coefficient (Wildman–Crippen LogP) is 2.66. The van der Waals surface area contributed by atoms with Gasteiger partial charge in [0.2, 0.25) is 5.91 Å². The molecule has 106 valence electrons. The quantitative estimate of drug-likeness (QED) is 0.796. The maximum Gasteiger partial charge on any atom is 0.238 e. The lowest BCUT2D eigenvalue weighted by Crippen LogP contribution is -2.35. The van der Waals surface area contributed by atoms with E-state index in [4.69, 9.17) is 4.74 Å². The molecule has 0 aliphatic carbocycles. The summed E-state index contributed by atoms with van der Waals surface area (Å²) in [6.07, 6.45) is 1.06. The van der Waals surface area contributed by atoms with Crippen LogP contribution in [0.25, 0.3) is 0 Å². The van der Waals surface area contributed by atoms with Crippen LogP contribution in [-0.2, 0) is 4.79 Å². The first-order chi connectivity index (χ1) is 9.01. The molecular formula is C15H24N2O2. The fourth-order valence-electron chi connectivity index (χ4n) is 1.96. The molecule has 0 spiro atoms. The van der Waals surface area contributed by atoms with E-state index in [9.17, 15) is 4.79 Å². The van der Waals surface area contributed by atoms with E-state index in [1.54, 1.807) is 13.2 Å². The van der Waals surface area contributed by atoms with Crippen molar-refractivity contribution in [1.29, 1.82) is 0 Å². The van der Waals surface area contributed by atoms with Crippen LogP contribution >= 0.6 is 0 Å². The Kier molecular flexibility index (Phi) is 6.36. The van der Waals surface area contributed by atoms with Crippen molar-refractivity contribution < 1.29 is 9.53 Å². The molecule has 1 aromatic carbocycles. The molecule has 1 aromatic rings. The Morgan fingerprint density at radius 3 is 2.68 bits per heavy atom. The topological polar surface area (TPSA) is 50.4 Å². The zero-order valence-electron chi connectivity index (χ0n) is 12.2. The molecule has 4 nitrogen and oxygen atoms in total. The van der Waals surface area contributed by atoms with E-state index in [-0.39, 0.29) is 5.91 Å². The van der Waals surface area contributed by atoms with E-state index in [0.29, 0.717) is 18.5 Å². The van der Waals surface area contributed by atoms with Crippen molar-refractivity contribution in [3.63, 3.8) is 0 Å². The van der Waals surface area contributed by atoms with Gasteiger partial charge in [-0.05, 0) is 31.4 Å². The van der Waals surface area contributed by atoms with E-state index < -0.39 is 0 Å². The third-order valence-electron chi connectivity index (χ3n) is 2.79. The van der Waals surface area contributed by atoms with Crippen molar-refractivity contribution in [3.05, 3.63) is 24.3 Å². The molecule has 1 atom stereocenters. The molecule has 0 aromatic heterocycles. The van der Waals surface area contributed by atoms with Crippen molar-refractivity contribution in [2.45, 2.75) is 33.2 Å². The van der Waals surface area contributed by atoms with Crippen LogP contribution in [0.2, 0.25) is 0 Å². The zero-order valence-corrected chi connectivity index (χ0v) is 12.2. The van der Waals surface area contributed by atoms with Gasteiger partial charge in [0.25, 0.3) is 0 Å². The molecular weight excluding hydrogens is 240 g/mol. The Hall–Kier alpha value is -1.55. The van der Waals surface area contributed by atoms with E-state index >= 15 is 0 Å². The molecule has 0 radical (unpaired) electrons. The highest BCUT2D eigenvalue weighted by molar-refractivity contribution is 5.92. The molecule has 0 fully saturated rings. The van der Waals surface area contributed by atoms with Crippen LogP contribution in [0.1, 0.15) is 27.2 Å². The number of nitrogens with one attached hydrogen (secondary N) is 2. The Bertz CT molecular complexity index is 405. The van der Waals surface area contributed by atoms with Crippen molar-refractivity contribution in [3.8, 4) is 5.75 Å². The fourth-order valence-corrected chi connectivity index (χ4v) is 1.96. The largest absolute Gasteiger partial charge is 0.497 e. The Balaban J connectivity index is 2.38. The molecule has 0 bridgehead atoms. The standard InChI is InChI=1S/C15H24N2O2/c1-11(2)8-12(3)16-10-15(18)17-13-6-5-7-14(9-13)19-4/h5-7,9,11-12,16H,8,10H2,1-4H3,(H,17,18). The lowest BCUT2D eigenvalue weighted by Gasteiger charge is -2.15. The van der Waals surface area contributed by atoms with Gasteiger partial charge in [-0.1, -0.05) is 19.9 Å². The highest BCUT2D eigenvalue weighted by Gasteiger charge is 2.07. The molecule has 0 heterocycles. The van der Waals surface area contributed by atoms with E-state index in [1.807, 2.05) is 18.2 Å². The minimum absolute atomic E-state index is 0.0381. The smallest absolute Gasteiger partial charge is 0.238 e. The number of carbonyl (C=O) groups is 1. The van der Waals surface area contributed by atoms with E-state index in [1.165, 1.54) is 0 Å². The van der Waals surface area contributed by atoms with Crippen LogP contribution in [0.15, 0.2) is 24.3 Å². The fraction of sp³-hybridized carbons (Fsp3) is 0.533. The van der Waals surface area contributed by atoms with Gasteiger partial charge in [0.15, 0.2) is 0 Å². The van der Waals surface area contributed by atoms with E-state index in [0.717, 1.165) is 17.9 Å². The number of anilines is 1. The van der Waals surface area contributed by atoms with Gasteiger partial charge < -0.3 is 15.4 Å². The first-order valence-corrected chi connectivity index (χ1v) is 6.68. The van der Waals surface area contributed by atoms with Gasteiger partial charge in [-0.15, -0.1) is 0 Å². The highest BCUT2D eigenvalue weighted by Crippen LogP contribution is 2.16. The second kappa shape index (κ2) is 7.79. The molecule has 2 N–H and O–H groups in total. The summed E-state index contributed by atoms with van der Waals surface area (Å²) in [7, 11) is 1.61. The third-order valence-corrected chi connectivity index (χ3v) is 2.79. The predicted molar refractivity (Wildman–Crippen MR) is 78.5 cm³/mol. The van der Waals surface area contributed by atoms with Crippen LogP contribution < -0.4 is 15.4 Å². The normalized spacial score (nSPS) is 12.3. The van der Waals surface area contributed by atoms with Crippen molar-refractivity contribution in [2.75, 3.05) is 19.0 Å². The van der Waals surface area contributed by atoms with Crippen LogP contribution in [0.3, 0.4) is 0 Å². The molecule has 0 saturated carbocycles. The SMILES string of the molecule is COc1cccc(NC(=O)CNC(C)CC(C)C)c1. The van der Waals surface area contributed by atoms with Crippen LogP contribution in [0.5, 0.6) is 5.75 Å². The van der Waals surface area contributed by atoms with Gasteiger partial charge in [0.05, 0.1) is 13.7 Å². The van der Waals surface area contributed by atoms with Gasteiger partial charge in [0.1, 0.15) is 5.75 Å².